The maximum atomic E-state index is 4.27. The molecule has 0 aromatic carbocycles. The highest BCUT2D eigenvalue weighted by Gasteiger charge is 2.29. The van der Waals surface area contributed by atoms with Crippen molar-refractivity contribution in [2.75, 3.05) is 5.32 Å². The lowest BCUT2D eigenvalue weighted by atomic mass is 10.1. The van der Waals surface area contributed by atoms with Gasteiger partial charge in [-0.2, -0.15) is 0 Å². The van der Waals surface area contributed by atoms with Crippen molar-refractivity contribution < 1.29 is 0 Å². The standard InChI is InChI=1S/C11H16N2/c1-2-10(9-6-7-9)13-11-5-3-4-8-12-11/h3-5,8-10H,2,6-7H2,1H3,(H,12,13). The van der Waals surface area contributed by atoms with E-state index in [1.807, 2.05) is 24.4 Å². The lowest BCUT2D eigenvalue weighted by molar-refractivity contribution is 0.614. The third-order valence-corrected chi connectivity index (χ3v) is 2.63. The van der Waals surface area contributed by atoms with Crippen molar-refractivity contribution in [2.45, 2.75) is 32.2 Å². The van der Waals surface area contributed by atoms with Gasteiger partial charge in [-0.3, -0.25) is 0 Å². The molecule has 1 heterocycles. The molecule has 2 rings (SSSR count). The molecular formula is C11H16N2. The first-order chi connectivity index (χ1) is 6.40. The van der Waals surface area contributed by atoms with E-state index in [0.717, 1.165) is 11.7 Å². The normalized spacial score (nSPS) is 18.2. The molecule has 0 saturated heterocycles. The quantitative estimate of drug-likeness (QED) is 0.763. The molecule has 1 N–H and O–H groups in total. The van der Waals surface area contributed by atoms with Gasteiger partial charge >= 0.3 is 0 Å². The molecule has 0 spiro atoms. The van der Waals surface area contributed by atoms with Crippen LogP contribution >= 0.6 is 0 Å². The molecule has 13 heavy (non-hydrogen) atoms. The van der Waals surface area contributed by atoms with Crippen LogP contribution < -0.4 is 5.32 Å². The smallest absolute Gasteiger partial charge is 0.126 e. The summed E-state index contributed by atoms with van der Waals surface area (Å²) in [4.78, 5) is 4.27. The van der Waals surface area contributed by atoms with E-state index in [1.165, 1.54) is 19.3 Å². The molecule has 1 atom stereocenters. The topological polar surface area (TPSA) is 24.9 Å². The van der Waals surface area contributed by atoms with Crippen molar-refractivity contribution in [3.05, 3.63) is 24.4 Å². The largest absolute Gasteiger partial charge is 0.367 e. The Morgan fingerprint density at radius 3 is 2.92 bits per heavy atom. The highest BCUT2D eigenvalue weighted by atomic mass is 15.0. The molecular weight excluding hydrogens is 160 g/mol. The third kappa shape index (κ3) is 2.20. The summed E-state index contributed by atoms with van der Waals surface area (Å²) in [7, 11) is 0. The first kappa shape index (κ1) is 8.54. The van der Waals surface area contributed by atoms with Crippen LogP contribution in [0.5, 0.6) is 0 Å². The molecule has 0 aliphatic heterocycles. The lowest BCUT2D eigenvalue weighted by Crippen LogP contribution is -2.21. The molecule has 1 aliphatic rings. The van der Waals surface area contributed by atoms with Gasteiger partial charge in [0, 0.05) is 12.2 Å². The Morgan fingerprint density at radius 1 is 1.54 bits per heavy atom. The van der Waals surface area contributed by atoms with E-state index in [-0.39, 0.29) is 0 Å². The maximum Gasteiger partial charge on any atom is 0.126 e. The fraction of sp³-hybridized carbons (Fsp3) is 0.545. The monoisotopic (exact) mass is 176 g/mol. The van der Waals surface area contributed by atoms with Gasteiger partial charge in [0.1, 0.15) is 5.82 Å². The van der Waals surface area contributed by atoms with E-state index in [0.29, 0.717) is 6.04 Å². The Hall–Kier alpha value is -1.05. The Balaban J connectivity index is 1.95. The maximum absolute atomic E-state index is 4.27. The average molecular weight is 176 g/mol. The molecule has 0 bridgehead atoms. The number of nitrogens with one attached hydrogen (secondary N) is 1. The fourth-order valence-corrected chi connectivity index (χ4v) is 1.69. The van der Waals surface area contributed by atoms with E-state index in [4.69, 9.17) is 0 Å². The second-order valence-electron chi connectivity index (χ2n) is 3.71. The summed E-state index contributed by atoms with van der Waals surface area (Å²) in [6, 6.07) is 6.64. The Morgan fingerprint density at radius 2 is 2.38 bits per heavy atom. The van der Waals surface area contributed by atoms with Crippen molar-refractivity contribution >= 4 is 5.82 Å². The summed E-state index contributed by atoms with van der Waals surface area (Å²) in [5.41, 5.74) is 0. The third-order valence-electron chi connectivity index (χ3n) is 2.63. The zero-order valence-corrected chi connectivity index (χ0v) is 8.03. The molecule has 1 aromatic heterocycles. The zero-order valence-electron chi connectivity index (χ0n) is 8.03. The molecule has 0 radical (unpaired) electrons. The second kappa shape index (κ2) is 3.77. The Bertz CT molecular complexity index is 254. The zero-order chi connectivity index (χ0) is 9.10. The van der Waals surface area contributed by atoms with Gasteiger partial charge < -0.3 is 5.32 Å². The number of aromatic nitrogens is 1. The van der Waals surface area contributed by atoms with Gasteiger partial charge in [-0.05, 0) is 37.3 Å². The van der Waals surface area contributed by atoms with Crippen LogP contribution in [-0.2, 0) is 0 Å². The minimum Gasteiger partial charge on any atom is -0.367 e. The van der Waals surface area contributed by atoms with E-state index < -0.39 is 0 Å². The average Bonchev–Trinajstić information content (AvgIpc) is 2.99. The van der Waals surface area contributed by atoms with Crippen LogP contribution in [0.2, 0.25) is 0 Å². The van der Waals surface area contributed by atoms with Gasteiger partial charge in [-0.1, -0.05) is 13.0 Å². The number of hydrogen-bond acceptors (Lipinski definition) is 2. The van der Waals surface area contributed by atoms with Gasteiger partial charge in [0.2, 0.25) is 0 Å². The van der Waals surface area contributed by atoms with Crippen LogP contribution in [0.25, 0.3) is 0 Å². The molecule has 1 fully saturated rings. The van der Waals surface area contributed by atoms with E-state index in [9.17, 15) is 0 Å². The van der Waals surface area contributed by atoms with Crippen LogP contribution in [0.3, 0.4) is 0 Å². The van der Waals surface area contributed by atoms with Gasteiger partial charge in [-0.15, -0.1) is 0 Å². The van der Waals surface area contributed by atoms with E-state index in [2.05, 4.69) is 17.2 Å². The summed E-state index contributed by atoms with van der Waals surface area (Å²) in [6.45, 7) is 2.24. The number of nitrogens with zero attached hydrogens (tertiary/aromatic N) is 1. The minimum absolute atomic E-state index is 0.634. The van der Waals surface area contributed by atoms with Gasteiger partial charge in [0.15, 0.2) is 0 Å². The summed E-state index contributed by atoms with van der Waals surface area (Å²) in [5.74, 6) is 1.91. The van der Waals surface area contributed by atoms with Crippen molar-refractivity contribution in [1.29, 1.82) is 0 Å². The molecule has 2 nitrogen and oxygen atoms in total. The predicted molar refractivity (Wildman–Crippen MR) is 54.7 cm³/mol. The second-order valence-corrected chi connectivity index (χ2v) is 3.71. The van der Waals surface area contributed by atoms with Crippen molar-refractivity contribution in [3.8, 4) is 0 Å². The number of anilines is 1. The van der Waals surface area contributed by atoms with Crippen LogP contribution in [0.4, 0.5) is 5.82 Å². The highest BCUT2D eigenvalue weighted by Crippen LogP contribution is 2.35. The number of pyridine rings is 1. The van der Waals surface area contributed by atoms with Gasteiger partial charge in [0.05, 0.1) is 0 Å². The molecule has 2 heteroatoms. The molecule has 70 valence electrons. The van der Waals surface area contributed by atoms with Crippen LogP contribution in [0.15, 0.2) is 24.4 Å². The number of hydrogen-bond donors (Lipinski definition) is 1. The van der Waals surface area contributed by atoms with Gasteiger partial charge in [-0.25, -0.2) is 4.98 Å². The fourth-order valence-electron chi connectivity index (χ4n) is 1.69. The Labute approximate surface area is 79.4 Å². The van der Waals surface area contributed by atoms with E-state index >= 15 is 0 Å². The van der Waals surface area contributed by atoms with Crippen LogP contribution in [0.1, 0.15) is 26.2 Å². The predicted octanol–water partition coefficient (Wildman–Crippen LogP) is 2.68. The number of rotatable bonds is 4. The highest BCUT2D eigenvalue weighted by molar-refractivity contribution is 5.35. The van der Waals surface area contributed by atoms with Crippen molar-refractivity contribution in [3.63, 3.8) is 0 Å². The Kier molecular flexibility index (Phi) is 2.48. The van der Waals surface area contributed by atoms with Crippen molar-refractivity contribution in [2.24, 2.45) is 5.92 Å². The molecule has 1 aromatic rings. The molecule has 1 unspecified atom stereocenters. The van der Waals surface area contributed by atoms with E-state index in [1.54, 1.807) is 0 Å². The molecule has 1 saturated carbocycles. The summed E-state index contributed by atoms with van der Waals surface area (Å²) in [6.07, 6.45) is 5.81. The molecule has 0 amide bonds. The summed E-state index contributed by atoms with van der Waals surface area (Å²) >= 11 is 0. The van der Waals surface area contributed by atoms with Gasteiger partial charge in [0.25, 0.3) is 0 Å². The first-order valence-corrected chi connectivity index (χ1v) is 5.07. The lowest BCUT2D eigenvalue weighted by Gasteiger charge is -2.16. The first-order valence-electron chi connectivity index (χ1n) is 5.07. The van der Waals surface area contributed by atoms with Crippen LogP contribution in [-0.4, -0.2) is 11.0 Å². The SMILES string of the molecule is CCC(Nc1ccccn1)C1CC1. The minimum atomic E-state index is 0.634. The van der Waals surface area contributed by atoms with Crippen molar-refractivity contribution in [1.82, 2.24) is 4.98 Å². The molecule has 1 aliphatic carbocycles. The van der Waals surface area contributed by atoms with Crippen LogP contribution in [0, 0.1) is 5.92 Å². The summed E-state index contributed by atoms with van der Waals surface area (Å²) in [5, 5.41) is 3.48. The summed E-state index contributed by atoms with van der Waals surface area (Å²) < 4.78 is 0.